The Labute approximate surface area is 122 Å². The second-order valence-corrected chi connectivity index (χ2v) is 7.83. The molecule has 0 bridgehead atoms. The fourth-order valence-corrected chi connectivity index (χ4v) is 4.20. The van der Waals surface area contributed by atoms with Gasteiger partial charge in [0.25, 0.3) is 0 Å². The largest absolute Gasteiger partial charge is 0.378 e. The maximum atomic E-state index is 12.2. The molecule has 1 N–H and O–H groups in total. The van der Waals surface area contributed by atoms with Gasteiger partial charge >= 0.3 is 0 Å². The summed E-state index contributed by atoms with van der Waals surface area (Å²) in [6.07, 6.45) is 2.18. The van der Waals surface area contributed by atoms with Crippen molar-refractivity contribution in [3.63, 3.8) is 0 Å². The van der Waals surface area contributed by atoms with E-state index in [4.69, 9.17) is 4.74 Å². The molecule has 2 rings (SSSR count). The third-order valence-corrected chi connectivity index (χ3v) is 5.70. The maximum Gasteiger partial charge on any atom is 0.216 e. The first-order chi connectivity index (χ1) is 8.44. The molecule has 114 valence electrons. The number of hydrogen-bond donors (Lipinski definition) is 1. The highest BCUT2D eigenvalue weighted by molar-refractivity contribution is 7.89. The summed E-state index contributed by atoms with van der Waals surface area (Å²) in [5.41, 5.74) is 0.200. The second kappa shape index (κ2) is 6.72. The molecule has 2 aliphatic heterocycles. The van der Waals surface area contributed by atoms with Gasteiger partial charge < -0.3 is 10.1 Å². The molecule has 0 aromatic heterocycles. The van der Waals surface area contributed by atoms with Gasteiger partial charge in [0.15, 0.2) is 0 Å². The lowest BCUT2D eigenvalue weighted by Gasteiger charge is -2.22. The summed E-state index contributed by atoms with van der Waals surface area (Å²) in [7, 11) is -3.14. The standard InChI is InChI=1S/C12H24N2O3S.ClH/c1-11(2)17-7-8-18(15,16)14-6-4-12(10-14)3-5-13-9-12;/h11,13H,3-10H2,1-2H3;1H. The van der Waals surface area contributed by atoms with E-state index in [1.807, 2.05) is 13.8 Å². The van der Waals surface area contributed by atoms with Gasteiger partial charge in [0.05, 0.1) is 18.5 Å². The van der Waals surface area contributed by atoms with Crippen LogP contribution in [0.25, 0.3) is 0 Å². The highest BCUT2D eigenvalue weighted by Crippen LogP contribution is 2.37. The zero-order valence-corrected chi connectivity index (χ0v) is 13.4. The molecule has 0 radical (unpaired) electrons. The van der Waals surface area contributed by atoms with Crippen LogP contribution in [-0.4, -0.2) is 57.4 Å². The summed E-state index contributed by atoms with van der Waals surface area (Å²) in [6, 6.07) is 0. The van der Waals surface area contributed by atoms with E-state index in [1.54, 1.807) is 4.31 Å². The summed E-state index contributed by atoms with van der Waals surface area (Å²) >= 11 is 0. The Bertz CT molecular complexity index is 380. The third-order valence-electron chi connectivity index (χ3n) is 3.92. The van der Waals surface area contributed by atoms with Gasteiger partial charge in [0, 0.05) is 19.6 Å². The van der Waals surface area contributed by atoms with E-state index in [0.717, 1.165) is 25.9 Å². The number of nitrogens with one attached hydrogen (secondary N) is 1. The van der Waals surface area contributed by atoms with Crippen LogP contribution in [0.1, 0.15) is 26.7 Å². The van der Waals surface area contributed by atoms with Crippen molar-refractivity contribution in [1.29, 1.82) is 0 Å². The molecule has 2 heterocycles. The highest BCUT2D eigenvalue weighted by atomic mass is 35.5. The predicted octanol–water partition coefficient (Wildman–Crippen LogP) is 0.848. The molecule has 0 aromatic rings. The van der Waals surface area contributed by atoms with Crippen molar-refractivity contribution in [1.82, 2.24) is 9.62 Å². The van der Waals surface area contributed by atoms with Crippen LogP contribution >= 0.6 is 12.4 Å². The molecule has 19 heavy (non-hydrogen) atoms. The average Bonchev–Trinajstić information content (AvgIpc) is 2.89. The van der Waals surface area contributed by atoms with Crippen molar-refractivity contribution in [2.45, 2.75) is 32.8 Å². The third kappa shape index (κ3) is 4.29. The predicted molar refractivity (Wildman–Crippen MR) is 78.2 cm³/mol. The van der Waals surface area contributed by atoms with Gasteiger partial charge in [-0.3, -0.25) is 0 Å². The van der Waals surface area contributed by atoms with Gasteiger partial charge in [-0.05, 0) is 38.6 Å². The first-order valence-electron chi connectivity index (χ1n) is 6.74. The lowest BCUT2D eigenvalue weighted by atomic mass is 9.87. The van der Waals surface area contributed by atoms with Crippen LogP contribution in [-0.2, 0) is 14.8 Å². The Morgan fingerprint density at radius 3 is 2.68 bits per heavy atom. The molecule has 2 saturated heterocycles. The Morgan fingerprint density at radius 2 is 2.11 bits per heavy atom. The summed E-state index contributed by atoms with van der Waals surface area (Å²) in [5.74, 6) is 0.106. The minimum atomic E-state index is -3.14. The minimum absolute atomic E-state index is 0. The molecule has 2 fully saturated rings. The van der Waals surface area contributed by atoms with E-state index in [9.17, 15) is 8.42 Å². The maximum absolute atomic E-state index is 12.2. The number of halogens is 1. The summed E-state index contributed by atoms with van der Waals surface area (Å²) in [5, 5.41) is 3.34. The SMILES string of the molecule is CC(C)OCCS(=O)(=O)N1CCC2(CCNC2)C1.Cl. The molecule has 0 aromatic carbocycles. The van der Waals surface area contributed by atoms with Gasteiger partial charge in [-0.2, -0.15) is 0 Å². The summed E-state index contributed by atoms with van der Waals surface area (Å²) < 4.78 is 31.4. The van der Waals surface area contributed by atoms with Crippen LogP contribution in [0.2, 0.25) is 0 Å². The fraction of sp³-hybridized carbons (Fsp3) is 1.00. The number of rotatable bonds is 5. The van der Waals surface area contributed by atoms with Crippen LogP contribution in [0, 0.1) is 5.41 Å². The molecular weight excluding hydrogens is 288 g/mol. The van der Waals surface area contributed by atoms with E-state index in [1.165, 1.54) is 0 Å². The van der Waals surface area contributed by atoms with E-state index >= 15 is 0 Å². The van der Waals surface area contributed by atoms with Crippen molar-refractivity contribution in [3.8, 4) is 0 Å². The van der Waals surface area contributed by atoms with Gasteiger partial charge in [0.1, 0.15) is 0 Å². The molecule has 1 atom stereocenters. The Hall–Kier alpha value is 0.120. The topological polar surface area (TPSA) is 58.6 Å². The van der Waals surface area contributed by atoms with E-state index < -0.39 is 10.0 Å². The first-order valence-corrected chi connectivity index (χ1v) is 8.35. The second-order valence-electron chi connectivity index (χ2n) is 5.75. The van der Waals surface area contributed by atoms with Crippen molar-refractivity contribution >= 4 is 22.4 Å². The van der Waals surface area contributed by atoms with Gasteiger partial charge in [-0.25, -0.2) is 12.7 Å². The molecule has 7 heteroatoms. The van der Waals surface area contributed by atoms with Crippen LogP contribution in [0.3, 0.4) is 0 Å². The van der Waals surface area contributed by atoms with Crippen molar-refractivity contribution in [2.24, 2.45) is 5.41 Å². The van der Waals surface area contributed by atoms with Gasteiger partial charge in [-0.1, -0.05) is 0 Å². The molecule has 1 unspecified atom stereocenters. The molecule has 2 aliphatic rings. The highest BCUT2D eigenvalue weighted by Gasteiger charge is 2.43. The van der Waals surface area contributed by atoms with E-state index in [0.29, 0.717) is 19.7 Å². The smallest absolute Gasteiger partial charge is 0.216 e. The normalized spacial score (nSPS) is 28.2. The van der Waals surface area contributed by atoms with Gasteiger partial charge in [0.2, 0.25) is 10.0 Å². The lowest BCUT2D eigenvalue weighted by Crippen LogP contribution is -2.35. The van der Waals surface area contributed by atoms with E-state index in [-0.39, 0.29) is 29.7 Å². The quantitative estimate of drug-likeness (QED) is 0.817. The van der Waals surface area contributed by atoms with Crippen LogP contribution in [0.15, 0.2) is 0 Å². The Kier molecular flexibility index (Phi) is 6.07. The fourth-order valence-electron chi connectivity index (χ4n) is 2.79. The summed E-state index contributed by atoms with van der Waals surface area (Å²) in [4.78, 5) is 0. The van der Waals surface area contributed by atoms with Crippen molar-refractivity contribution in [2.75, 3.05) is 38.5 Å². The molecular formula is C12H25ClN2O3S. The lowest BCUT2D eigenvalue weighted by molar-refractivity contribution is 0.0907. The zero-order chi connectivity index (χ0) is 13.2. The molecule has 0 amide bonds. The number of hydrogen-bond acceptors (Lipinski definition) is 4. The molecule has 5 nitrogen and oxygen atoms in total. The number of nitrogens with zero attached hydrogens (tertiary/aromatic N) is 1. The van der Waals surface area contributed by atoms with Gasteiger partial charge in [-0.15, -0.1) is 12.4 Å². The Balaban J connectivity index is 0.00000180. The monoisotopic (exact) mass is 312 g/mol. The van der Waals surface area contributed by atoms with Crippen molar-refractivity contribution in [3.05, 3.63) is 0 Å². The molecule has 0 aliphatic carbocycles. The summed E-state index contributed by atoms with van der Waals surface area (Å²) in [6.45, 7) is 7.46. The van der Waals surface area contributed by atoms with Crippen LogP contribution < -0.4 is 5.32 Å². The van der Waals surface area contributed by atoms with Crippen molar-refractivity contribution < 1.29 is 13.2 Å². The minimum Gasteiger partial charge on any atom is -0.378 e. The number of ether oxygens (including phenoxy) is 1. The van der Waals surface area contributed by atoms with Crippen LogP contribution in [0.5, 0.6) is 0 Å². The Morgan fingerprint density at radius 1 is 1.37 bits per heavy atom. The van der Waals surface area contributed by atoms with E-state index in [2.05, 4.69) is 5.32 Å². The van der Waals surface area contributed by atoms with Crippen LogP contribution in [0.4, 0.5) is 0 Å². The molecule has 0 saturated carbocycles. The molecule has 1 spiro atoms. The zero-order valence-electron chi connectivity index (χ0n) is 11.7. The first kappa shape index (κ1) is 17.2. The number of sulfonamides is 1. The average molecular weight is 313 g/mol.